The number of aromatic nitrogens is 1. The van der Waals surface area contributed by atoms with Gasteiger partial charge in [-0.1, -0.05) is 0 Å². The van der Waals surface area contributed by atoms with E-state index in [1.165, 1.54) is 25.0 Å². The minimum absolute atomic E-state index is 0.0915. The van der Waals surface area contributed by atoms with Gasteiger partial charge in [0, 0.05) is 6.07 Å². The molecule has 0 atom stereocenters. The van der Waals surface area contributed by atoms with Crippen molar-refractivity contribution in [3.8, 4) is 22.9 Å². The summed E-state index contributed by atoms with van der Waals surface area (Å²) < 4.78 is 21.9. The van der Waals surface area contributed by atoms with Crippen molar-refractivity contribution in [1.82, 2.24) is 4.57 Å². The van der Waals surface area contributed by atoms with Gasteiger partial charge < -0.3 is 28.6 Å². The molecule has 1 N–H and O–H groups in total. The molecule has 0 saturated heterocycles. The van der Waals surface area contributed by atoms with Crippen molar-refractivity contribution in [3.05, 3.63) is 35.7 Å². The normalized spacial score (nSPS) is 10.3. The SMILES string of the molecule is CCOC(=O)c1c(O)cn(-c2cc(OC)ccc2OC)c1C(=O)OCC. The van der Waals surface area contributed by atoms with Gasteiger partial charge in [0.15, 0.2) is 5.69 Å². The van der Waals surface area contributed by atoms with Crippen LogP contribution in [0.2, 0.25) is 0 Å². The van der Waals surface area contributed by atoms with Crippen molar-refractivity contribution in [1.29, 1.82) is 0 Å². The summed E-state index contributed by atoms with van der Waals surface area (Å²) in [6.45, 7) is 3.46. The van der Waals surface area contributed by atoms with Crippen molar-refractivity contribution in [2.45, 2.75) is 13.8 Å². The Hall–Kier alpha value is -3.16. The lowest BCUT2D eigenvalue weighted by molar-refractivity contribution is 0.0471. The van der Waals surface area contributed by atoms with E-state index < -0.39 is 17.7 Å². The van der Waals surface area contributed by atoms with Crippen molar-refractivity contribution < 1.29 is 33.6 Å². The average molecular weight is 363 g/mol. The number of aromatic hydroxyl groups is 1. The third-order valence-electron chi connectivity index (χ3n) is 3.58. The van der Waals surface area contributed by atoms with Crippen LogP contribution in [-0.4, -0.2) is 49.0 Å². The van der Waals surface area contributed by atoms with Crippen LogP contribution in [0.25, 0.3) is 5.69 Å². The summed E-state index contributed by atoms with van der Waals surface area (Å²) in [6, 6.07) is 4.93. The van der Waals surface area contributed by atoms with Crippen LogP contribution in [0.15, 0.2) is 24.4 Å². The molecule has 1 aromatic heterocycles. The molecule has 0 spiro atoms. The van der Waals surface area contributed by atoms with E-state index in [2.05, 4.69) is 0 Å². The predicted octanol–water partition coefficient (Wildman–Crippen LogP) is 2.55. The second-order valence-electron chi connectivity index (χ2n) is 5.09. The van der Waals surface area contributed by atoms with Crippen LogP contribution in [0, 0.1) is 0 Å². The zero-order chi connectivity index (χ0) is 19.3. The largest absolute Gasteiger partial charge is 0.505 e. The molecule has 8 heteroatoms. The quantitative estimate of drug-likeness (QED) is 0.755. The second kappa shape index (κ2) is 8.28. The number of nitrogens with zero attached hydrogens (tertiary/aromatic N) is 1. The van der Waals surface area contributed by atoms with E-state index in [0.717, 1.165) is 0 Å². The van der Waals surface area contributed by atoms with Gasteiger partial charge in [0.05, 0.1) is 39.3 Å². The Morgan fingerprint density at radius 2 is 1.69 bits per heavy atom. The Morgan fingerprint density at radius 3 is 2.27 bits per heavy atom. The standard InChI is InChI=1S/C18H21NO7/c1-5-25-17(21)15-13(20)10-19(16(15)18(22)26-6-2)12-9-11(23-3)7-8-14(12)24-4/h7-10,20H,5-6H2,1-4H3. The maximum atomic E-state index is 12.5. The van der Waals surface area contributed by atoms with E-state index in [9.17, 15) is 14.7 Å². The van der Waals surface area contributed by atoms with Crippen molar-refractivity contribution in [2.24, 2.45) is 0 Å². The molecule has 0 aliphatic carbocycles. The Labute approximate surface area is 150 Å². The maximum Gasteiger partial charge on any atom is 0.356 e. The molecule has 0 fully saturated rings. The summed E-state index contributed by atoms with van der Waals surface area (Å²) in [6.07, 6.45) is 1.23. The van der Waals surface area contributed by atoms with Gasteiger partial charge in [0.2, 0.25) is 0 Å². The second-order valence-corrected chi connectivity index (χ2v) is 5.09. The highest BCUT2D eigenvalue weighted by atomic mass is 16.5. The van der Waals surface area contributed by atoms with Crippen LogP contribution in [0.5, 0.6) is 17.2 Å². The molecule has 26 heavy (non-hydrogen) atoms. The third-order valence-corrected chi connectivity index (χ3v) is 3.58. The van der Waals surface area contributed by atoms with Gasteiger partial charge in [-0.2, -0.15) is 0 Å². The average Bonchev–Trinajstić information content (AvgIpc) is 2.98. The van der Waals surface area contributed by atoms with Gasteiger partial charge in [0.25, 0.3) is 0 Å². The monoisotopic (exact) mass is 363 g/mol. The summed E-state index contributed by atoms with van der Waals surface area (Å²) in [5.74, 6) is -1.10. The minimum Gasteiger partial charge on any atom is -0.505 e. The summed E-state index contributed by atoms with van der Waals surface area (Å²) in [5, 5.41) is 10.3. The number of hydrogen-bond donors (Lipinski definition) is 1. The Morgan fingerprint density at radius 1 is 1.04 bits per heavy atom. The zero-order valence-corrected chi connectivity index (χ0v) is 15.1. The number of esters is 2. The first-order valence-corrected chi connectivity index (χ1v) is 7.99. The molecule has 140 valence electrons. The van der Waals surface area contributed by atoms with E-state index in [0.29, 0.717) is 17.2 Å². The smallest absolute Gasteiger partial charge is 0.356 e. The minimum atomic E-state index is -0.825. The van der Waals surface area contributed by atoms with Gasteiger partial charge in [-0.3, -0.25) is 0 Å². The van der Waals surface area contributed by atoms with Gasteiger partial charge in [0.1, 0.15) is 22.8 Å². The third kappa shape index (κ3) is 3.58. The van der Waals surface area contributed by atoms with E-state index in [-0.39, 0.29) is 24.5 Å². The molecule has 2 aromatic rings. The van der Waals surface area contributed by atoms with E-state index in [1.807, 2.05) is 0 Å². The van der Waals surface area contributed by atoms with E-state index in [1.54, 1.807) is 32.0 Å². The fourth-order valence-corrected chi connectivity index (χ4v) is 2.47. The van der Waals surface area contributed by atoms with Crippen molar-refractivity contribution in [2.75, 3.05) is 27.4 Å². The molecule has 1 heterocycles. The molecule has 1 aromatic carbocycles. The highest BCUT2D eigenvalue weighted by molar-refractivity contribution is 6.05. The fraction of sp³-hybridized carbons (Fsp3) is 0.333. The molecule has 0 aliphatic rings. The lowest BCUT2D eigenvalue weighted by Gasteiger charge is -2.14. The zero-order valence-electron chi connectivity index (χ0n) is 15.1. The number of hydrogen-bond acceptors (Lipinski definition) is 7. The molecule has 0 aliphatic heterocycles. The number of benzene rings is 1. The maximum absolute atomic E-state index is 12.5. The first-order valence-electron chi connectivity index (χ1n) is 7.99. The molecule has 8 nitrogen and oxygen atoms in total. The molecule has 0 unspecified atom stereocenters. The summed E-state index contributed by atoms with van der Waals surface area (Å²) in [5.41, 5.74) is -0.0368. The number of ether oxygens (including phenoxy) is 4. The van der Waals surface area contributed by atoms with E-state index >= 15 is 0 Å². The van der Waals surface area contributed by atoms with Crippen molar-refractivity contribution in [3.63, 3.8) is 0 Å². The Bertz CT molecular complexity index is 810. The van der Waals surface area contributed by atoms with Gasteiger partial charge in [-0.15, -0.1) is 0 Å². The van der Waals surface area contributed by atoms with Crippen molar-refractivity contribution >= 4 is 11.9 Å². The van der Waals surface area contributed by atoms with Crippen LogP contribution < -0.4 is 9.47 Å². The van der Waals surface area contributed by atoms with Crippen LogP contribution in [0.4, 0.5) is 0 Å². The van der Waals surface area contributed by atoms with E-state index in [4.69, 9.17) is 18.9 Å². The number of methoxy groups -OCH3 is 2. The topological polar surface area (TPSA) is 96.2 Å². The van der Waals surface area contributed by atoms with Gasteiger partial charge in [-0.05, 0) is 26.0 Å². The number of carbonyl (C=O) groups is 2. The summed E-state index contributed by atoms with van der Waals surface area (Å²) in [4.78, 5) is 24.8. The summed E-state index contributed by atoms with van der Waals surface area (Å²) >= 11 is 0. The summed E-state index contributed by atoms with van der Waals surface area (Å²) in [7, 11) is 2.96. The fourth-order valence-electron chi connectivity index (χ4n) is 2.47. The molecule has 0 bridgehead atoms. The lowest BCUT2D eigenvalue weighted by atomic mass is 10.2. The van der Waals surface area contributed by atoms with Gasteiger partial charge in [-0.25, -0.2) is 9.59 Å². The highest BCUT2D eigenvalue weighted by Gasteiger charge is 2.30. The van der Waals surface area contributed by atoms with Crippen LogP contribution >= 0.6 is 0 Å². The lowest BCUT2D eigenvalue weighted by Crippen LogP contribution is -2.17. The molecular weight excluding hydrogens is 342 g/mol. The molecule has 0 amide bonds. The van der Waals surface area contributed by atoms with Crippen LogP contribution in [-0.2, 0) is 9.47 Å². The highest BCUT2D eigenvalue weighted by Crippen LogP contribution is 2.34. The molecule has 0 saturated carbocycles. The Balaban J connectivity index is 2.75. The van der Waals surface area contributed by atoms with Crippen LogP contribution in [0.1, 0.15) is 34.7 Å². The molecule has 2 rings (SSSR count). The number of carbonyl (C=O) groups excluding carboxylic acids is 2. The first kappa shape index (κ1) is 19.2. The molecule has 0 radical (unpaired) electrons. The number of rotatable bonds is 7. The molecular formula is C18H21NO7. The Kier molecular flexibility index (Phi) is 6.11. The van der Waals surface area contributed by atoms with Gasteiger partial charge >= 0.3 is 11.9 Å². The van der Waals surface area contributed by atoms with Crippen LogP contribution in [0.3, 0.4) is 0 Å². The predicted molar refractivity (Wildman–Crippen MR) is 92.5 cm³/mol. The first-order chi connectivity index (χ1) is 12.5.